The standard InChI is InChI=1S/C36H41N5O4/c1-24(26-15-19-30(42)20-16-26)40-34(44)32(14-9-23-39-36(37)38)41(25(2)27-17-21-31(43)22-18-27)35(45)33(28-10-5-3-6-11-28)29-12-7-4-8-13-29/h3-8,10-13,15-22,24-25,32-33,42-43H,9,14,23H2,1-2H3,(H,40,44)(H4,37,38,39)/t24?,25-,32-/m1/s1. The second-order valence-corrected chi connectivity index (χ2v) is 11.1. The molecule has 0 aliphatic heterocycles. The Kier molecular flexibility index (Phi) is 11.2. The van der Waals surface area contributed by atoms with Crippen LogP contribution in [0.3, 0.4) is 0 Å². The van der Waals surface area contributed by atoms with Crippen molar-refractivity contribution in [2.24, 2.45) is 16.5 Å². The molecule has 234 valence electrons. The summed E-state index contributed by atoms with van der Waals surface area (Å²) >= 11 is 0. The molecule has 0 fully saturated rings. The first-order valence-electron chi connectivity index (χ1n) is 15.0. The molecule has 4 aromatic carbocycles. The number of benzene rings is 4. The molecule has 0 spiro atoms. The van der Waals surface area contributed by atoms with Crippen molar-refractivity contribution >= 4 is 17.8 Å². The highest BCUT2D eigenvalue weighted by Crippen LogP contribution is 2.34. The number of hydrogen-bond acceptors (Lipinski definition) is 5. The van der Waals surface area contributed by atoms with Crippen LogP contribution in [0, 0.1) is 0 Å². The fourth-order valence-corrected chi connectivity index (χ4v) is 5.49. The van der Waals surface area contributed by atoms with Gasteiger partial charge in [0.05, 0.1) is 18.0 Å². The SMILES string of the molecule is CC(NC(=O)[C@@H](CCCN=C(N)N)N(C(=O)C(c1ccccc1)c1ccccc1)[C@H](C)c1ccc(O)cc1)c1ccc(O)cc1. The second-order valence-electron chi connectivity index (χ2n) is 11.1. The van der Waals surface area contributed by atoms with Crippen molar-refractivity contribution in [3.8, 4) is 11.5 Å². The van der Waals surface area contributed by atoms with Crippen molar-refractivity contribution in [3.63, 3.8) is 0 Å². The number of guanidine groups is 1. The maximum absolute atomic E-state index is 15.0. The van der Waals surface area contributed by atoms with Gasteiger partial charge < -0.3 is 31.9 Å². The largest absolute Gasteiger partial charge is 0.508 e. The Bertz CT molecular complexity index is 1520. The van der Waals surface area contributed by atoms with Gasteiger partial charge in [0.1, 0.15) is 17.5 Å². The van der Waals surface area contributed by atoms with Gasteiger partial charge in [0, 0.05) is 6.54 Å². The minimum atomic E-state index is -0.898. The van der Waals surface area contributed by atoms with Crippen LogP contribution in [0.15, 0.2) is 114 Å². The lowest BCUT2D eigenvalue weighted by Gasteiger charge is -2.39. The molecule has 3 atom stereocenters. The van der Waals surface area contributed by atoms with Crippen molar-refractivity contribution in [1.82, 2.24) is 10.2 Å². The Labute approximate surface area is 264 Å². The molecule has 0 aliphatic rings. The second kappa shape index (κ2) is 15.4. The molecule has 4 rings (SSSR count). The number of nitrogens with zero attached hydrogens (tertiary/aromatic N) is 2. The highest BCUT2D eigenvalue weighted by molar-refractivity contribution is 5.93. The predicted molar refractivity (Wildman–Crippen MR) is 176 cm³/mol. The molecule has 4 aromatic rings. The first kappa shape index (κ1) is 32.6. The summed E-state index contributed by atoms with van der Waals surface area (Å²) in [5.41, 5.74) is 14.3. The number of carbonyl (C=O) groups excluding carboxylic acids is 2. The molecule has 9 heteroatoms. The normalized spacial score (nSPS) is 13.0. The van der Waals surface area contributed by atoms with Crippen LogP contribution in [0.1, 0.15) is 66.9 Å². The molecular weight excluding hydrogens is 566 g/mol. The van der Waals surface area contributed by atoms with Crippen molar-refractivity contribution in [2.45, 2.75) is 50.7 Å². The number of amides is 2. The van der Waals surface area contributed by atoms with E-state index in [0.29, 0.717) is 6.42 Å². The minimum absolute atomic E-state index is 0.0458. The van der Waals surface area contributed by atoms with Crippen molar-refractivity contribution in [2.75, 3.05) is 6.54 Å². The van der Waals surface area contributed by atoms with Crippen LogP contribution in [-0.4, -0.2) is 45.5 Å². The van der Waals surface area contributed by atoms with Gasteiger partial charge in [-0.2, -0.15) is 0 Å². The molecule has 0 bridgehead atoms. The average Bonchev–Trinajstić information content (AvgIpc) is 3.04. The summed E-state index contributed by atoms with van der Waals surface area (Å²) in [4.78, 5) is 35.0. The fourth-order valence-electron chi connectivity index (χ4n) is 5.49. The van der Waals surface area contributed by atoms with Gasteiger partial charge in [0.25, 0.3) is 0 Å². The van der Waals surface area contributed by atoms with Gasteiger partial charge in [-0.15, -0.1) is 0 Å². The number of rotatable bonds is 13. The lowest BCUT2D eigenvalue weighted by molar-refractivity contribution is -0.144. The first-order chi connectivity index (χ1) is 21.7. The Morgan fingerprint density at radius 3 is 1.71 bits per heavy atom. The lowest BCUT2D eigenvalue weighted by atomic mass is 9.88. The lowest BCUT2D eigenvalue weighted by Crippen LogP contribution is -2.52. The van der Waals surface area contributed by atoms with E-state index >= 15 is 4.79 Å². The van der Waals surface area contributed by atoms with E-state index in [2.05, 4.69) is 10.3 Å². The summed E-state index contributed by atoms with van der Waals surface area (Å²) in [7, 11) is 0. The van der Waals surface area contributed by atoms with E-state index in [1.54, 1.807) is 53.4 Å². The molecular formula is C36H41N5O4. The third kappa shape index (κ3) is 8.63. The van der Waals surface area contributed by atoms with E-state index in [1.165, 1.54) is 0 Å². The molecule has 0 heterocycles. The van der Waals surface area contributed by atoms with Crippen LogP contribution in [-0.2, 0) is 9.59 Å². The number of phenols is 2. The summed E-state index contributed by atoms with van der Waals surface area (Å²) in [6.07, 6.45) is 0.729. The van der Waals surface area contributed by atoms with Crippen LogP contribution in [0.25, 0.3) is 0 Å². The molecule has 0 radical (unpaired) electrons. The smallest absolute Gasteiger partial charge is 0.243 e. The number of aromatic hydroxyl groups is 2. The number of nitrogens with two attached hydrogens (primary N) is 2. The van der Waals surface area contributed by atoms with E-state index in [-0.39, 0.29) is 42.2 Å². The molecule has 45 heavy (non-hydrogen) atoms. The Morgan fingerprint density at radius 2 is 1.22 bits per heavy atom. The van der Waals surface area contributed by atoms with E-state index in [1.807, 2.05) is 74.5 Å². The number of nitrogens with one attached hydrogen (secondary N) is 1. The van der Waals surface area contributed by atoms with E-state index in [9.17, 15) is 15.0 Å². The Morgan fingerprint density at radius 1 is 0.733 bits per heavy atom. The predicted octanol–water partition coefficient (Wildman–Crippen LogP) is 5.12. The Hall–Kier alpha value is -5.31. The van der Waals surface area contributed by atoms with Gasteiger partial charge in [0.15, 0.2) is 5.96 Å². The van der Waals surface area contributed by atoms with Gasteiger partial charge in [-0.3, -0.25) is 14.6 Å². The number of aliphatic imine (C=N–C) groups is 1. The number of hydrogen-bond donors (Lipinski definition) is 5. The molecule has 0 saturated carbocycles. The molecule has 0 aromatic heterocycles. The van der Waals surface area contributed by atoms with E-state index in [4.69, 9.17) is 11.5 Å². The topological polar surface area (TPSA) is 154 Å². The maximum Gasteiger partial charge on any atom is 0.243 e. The van der Waals surface area contributed by atoms with Gasteiger partial charge >= 0.3 is 0 Å². The van der Waals surface area contributed by atoms with Gasteiger partial charge in [0.2, 0.25) is 11.8 Å². The number of phenolic OH excluding ortho intramolecular Hbond substituents is 2. The summed E-state index contributed by atoms with van der Waals surface area (Å²) in [5, 5.41) is 22.8. The Balaban J connectivity index is 1.80. The highest BCUT2D eigenvalue weighted by atomic mass is 16.3. The molecule has 9 nitrogen and oxygen atoms in total. The minimum Gasteiger partial charge on any atom is -0.508 e. The van der Waals surface area contributed by atoms with Crippen molar-refractivity contribution in [3.05, 3.63) is 131 Å². The van der Waals surface area contributed by atoms with Gasteiger partial charge in [-0.05, 0) is 73.2 Å². The van der Waals surface area contributed by atoms with Crippen LogP contribution in [0.5, 0.6) is 11.5 Å². The monoisotopic (exact) mass is 607 g/mol. The maximum atomic E-state index is 15.0. The van der Waals surface area contributed by atoms with Gasteiger partial charge in [-0.1, -0.05) is 84.9 Å². The third-order valence-corrected chi connectivity index (χ3v) is 7.88. The summed E-state index contributed by atoms with van der Waals surface area (Å²) in [6, 6.07) is 30.5. The zero-order valence-corrected chi connectivity index (χ0v) is 25.6. The summed E-state index contributed by atoms with van der Waals surface area (Å²) in [6.45, 7) is 4.03. The quantitative estimate of drug-likeness (QED) is 0.0808. The number of carbonyl (C=O) groups is 2. The summed E-state index contributed by atoms with van der Waals surface area (Å²) in [5.74, 6) is -1.08. The van der Waals surface area contributed by atoms with Crippen LogP contribution in [0.2, 0.25) is 0 Å². The molecule has 0 aliphatic carbocycles. The van der Waals surface area contributed by atoms with E-state index < -0.39 is 24.0 Å². The third-order valence-electron chi connectivity index (χ3n) is 7.88. The zero-order chi connectivity index (χ0) is 32.3. The van der Waals surface area contributed by atoms with E-state index in [0.717, 1.165) is 22.3 Å². The van der Waals surface area contributed by atoms with Crippen LogP contribution in [0.4, 0.5) is 0 Å². The summed E-state index contributed by atoms with van der Waals surface area (Å²) < 4.78 is 0. The zero-order valence-electron chi connectivity index (χ0n) is 25.6. The van der Waals surface area contributed by atoms with Crippen LogP contribution >= 0.6 is 0 Å². The molecule has 2 amide bonds. The molecule has 7 N–H and O–H groups in total. The average molecular weight is 608 g/mol. The molecule has 1 unspecified atom stereocenters. The van der Waals surface area contributed by atoms with Crippen molar-refractivity contribution in [1.29, 1.82) is 0 Å². The first-order valence-corrected chi connectivity index (χ1v) is 15.0. The van der Waals surface area contributed by atoms with Gasteiger partial charge in [-0.25, -0.2) is 0 Å². The van der Waals surface area contributed by atoms with Crippen molar-refractivity contribution < 1.29 is 19.8 Å². The molecule has 0 saturated heterocycles. The fraction of sp³-hybridized carbons (Fsp3) is 0.250. The van der Waals surface area contributed by atoms with Crippen LogP contribution < -0.4 is 16.8 Å². The highest BCUT2D eigenvalue weighted by Gasteiger charge is 2.38.